The summed E-state index contributed by atoms with van der Waals surface area (Å²) in [4.78, 5) is 32.6. The van der Waals surface area contributed by atoms with Crippen molar-refractivity contribution < 1.29 is 28.3 Å². The number of aromatic nitrogens is 3. The van der Waals surface area contributed by atoms with Crippen LogP contribution < -0.4 is 14.8 Å². The zero-order valence-corrected chi connectivity index (χ0v) is 18.1. The minimum atomic E-state index is -0.566. The Morgan fingerprint density at radius 2 is 1.88 bits per heavy atom. The Hall–Kier alpha value is -4.73. The Kier molecular flexibility index (Phi) is 7.09. The Morgan fingerprint density at radius 3 is 2.65 bits per heavy atom. The lowest BCUT2D eigenvalue weighted by Crippen LogP contribution is -2.20. The molecule has 1 N–H and O–H groups in total. The van der Waals surface area contributed by atoms with Crippen molar-refractivity contribution in [2.24, 2.45) is 0 Å². The van der Waals surface area contributed by atoms with Gasteiger partial charge in [-0.2, -0.15) is 4.98 Å². The van der Waals surface area contributed by atoms with Crippen molar-refractivity contribution in [1.29, 1.82) is 0 Å². The Bertz CT molecular complexity index is 1260. The molecule has 0 aliphatic heterocycles. The summed E-state index contributed by atoms with van der Waals surface area (Å²) < 4.78 is 20.9. The maximum absolute atomic E-state index is 12.3. The number of ether oxygens (including phenoxy) is 3. The molecule has 0 aliphatic carbocycles. The number of benzene rings is 2. The second-order valence-electron chi connectivity index (χ2n) is 6.92. The zero-order chi connectivity index (χ0) is 23.8. The quantitative estimate of drug-likeness (QED) is 0.373. The van der Waals surface area contributed by atoms with Gasteiger partial charge in [0.15, 0.2) is 13.2 Å². The van der Waals surface area contributed by atoms with E-state index in [1.807, 2.05) is 0 Å². The van der Waals surface area contributed by atoms with Crippen molar-refractivity contribution in [3.8, 4) is 22.9 Å². The SMILES string of the molecule is COc1cccc(NC(=O)COc2ccc(C(=O)OCc3nc(-c4cccnc4)no3)cc2)c1. The van der Waals surface area contributed by atoms with E-state index >= 15 is 0 Å². The van der Waals surface area contributed by atoms with Gasteiger partial charge in [-0.05, 0) is 48.5 Å². The van der Waals surface area contributed by atoms with Gasteiger partial charge in [0, 0.05) is 29.7 Å². The van der Waals surface area contributed by atoms with E-state index in [-0.39, 0.29) is 25.0 Å². The summed E-state index contributed by atoms with van der Waals surface area (Å²) in [7, 11) is 1.55. The number of nitrogens with one attached hydrogen (secondary N) is 1. The van der Waals surface area contributed by atoms with Crippen molar-refractivity contribution in [1.82, 2.24) is 15.1 Å². The number of anilines is 1. The van der Waals surface area contributed by atoms with Crippen LogP contribution in [0.5, 0.6) is 11.5 Å². The van der Waals surface area contributed by atoms with Crippen molar-refractivity contribution >= 4 is 17.6 Å². The van der Waals surface area contributed by atoms with Crippen molar-refractivity contribution in [3.63, 3.8) is 0 Å². The molecule has 0 fully saturated rings. The van der Waals surface area contributed by atoms with Gasteiger partial charge in [-0.15, -0.1) is 0 Å². The molecule has 4 aromatic rings. The monoisotopic (exact) mass is 460 g/mol. The van der Waals surface area contributed by atoms with Gasteiger partial charge in [0.2, 0.25) is 5.82 Å². The fourth-order valence-corrected chi connectivity index (χ4v) is 2.87. The topological polar surface area (TPSA) is 126 Å². The van der Waals surface area contributed by atoms with Crippen LogP contribution in [0.3, 0.4) is 0 Å². The third-order valence-corrected chi connectivity index (χ3v) is 4.53. The van der Waals surface area contributed by atoms with Gasteiger partial charge in [-0.1, -0.05) is 11.2 Å². The number of carbonyl (C=O) groups excluding carboxylic acids is 2. The van der Waals surface area contributed by atoms with E-state index < -0.39 is 5.97 Å². The summed E-state index contributed by atoms with van der Waals surface area (Å²) >= 11 is 0. The average molecular weight is 460 g/mol. The first-order chi connectivity index (χ1) is 16.6. The molecule has 2 aromatic carbocycles. The molecule has 10 heteroatoms. The van der Waals surface area contributed by atoms with Gasteiger partial charge in [-0.25, -0.2) is 4.79 Å². The Balaban J connectivity index is 1.25. The molecule has 2 aromatic heterocycles. The molecule has 34 heavy (non-hydrogen) atoms. The van der Waals surface area contributed by atoms with E-state index in [1.165, 1.54) is 12.1 Å². The molecule has 0 saturated heterocycles. The highest BCUT2D eigenvalue weighted by molar-refractivity contribution is 5.92. The average Bonchev–Trinajstić information content (AvgIpc) is 3.36. The van der Waals surface area contributed by atoms with Crippen LogP contribution in [0.25, 0.3) is 11.4 Å². The zero-order valence-electron chi connectivity index (χ0n) is 18.1. The number of hydrogen-bond acceptors (Lipinski definition) is 9. The van der Waals surface area contributed by atoms with Gasteiger partial charge in [0.05, 0.1) is 12.7 Å². The van der Waals surface area contributed by atoms with Crippen molar-refractivity contribution in [2.75, 3.05) is 19.0 Å². The van der Waals surface area contributed by atoms with Gasteiger partial charge in [0.25, 0.3) is 11.8 Å². The van der Waals surface area contributed by atoms with Crippen molar-refractivity contribution in [2.45, 2.75) is 6.61 Å². The van der Waals surface area contributed by atoms with Crippen LogP contribution in [0.15, 0.2) is 77.6 Å². The molecule has 0 aliphatic rings. The number of pyridine rings is 1. The maximum atomic E-state index is 12.3. The lowest BCUT2D eigenvalue weighted by Gasteiger charge is -2.09. The van der Waals surface area contributed by atoms with Crippen LogP contribution in [0.1, 0.15) is 16.2 Å². The number of rotatable bonds is 9. The lowest BCUT2D eigenvalue weighted by molar-refractivity contribution is -0.118. The fourth-order valence-electron chi connectivity index (χ4n) is 2.87. The number of carbonyl (C=O) groups is 2. The molecular formula is C24H20N4O6. The molecule has 1 amide bonds. The highest BCUT2D eigenvalue weighted by atomic mass is 16.6. The molecule has 0 unspecified atom stereocenters. The number of nitrogens with zero attached hydrogens (tertiary/aromatic N) is 3. The summed E-state index contributed by atoms with van der Waals surface area (Å²) in [5, 5.41) is 6.56. The normalized spacial score (nSPS) is 10.4. The van der Waals surface area contributed by atoms with Crippen LogP contribution in [0, 0.1) is 0 Å². The van der Waals surface area contributed by atoms with E-state index in [0.717, 1.165) is 0 Å². The minimum Gasteiger partial charge on any atom is -0.497 e. The molecule has 172 valence electrons. The van der Waals surface area contributed by atoms with E-state index in [0.29, 0.717) is 34.1 Å². The summed E-state index contributed by atoms with van der Waals surface area (Å²) in [5.41, 5.74) is 1.59. The third-order valence-electron chi connectivity index (χ3n) is 4.53. The van der Waals surface area contributed by atoms with Crippen LogP contribution in [-0.2, 0) is 16.1 Å². The second kappa shape index (κ2) is 10.7. The minimum absolute atomic E-state index is 0.161. The summed E-state index contributed by atoms with van der Waals surface area (Å²) in [6, 6.07) is 16.8. The molecule has 2 heterocycles. The molecule has 0 spiro atoms. The van der Waals surface area contributed by atoms with E-state index in [1.54, 1.807) is 68.0 Å². The number of methoxy groups -OCH3 is 1. The number of esters is 1. The lowest BCUT2D eigenvalue weighted by atomic mass is 10.2. The molecule has 10 nitrogen and oxygen atoms in total. The van der Waals surface area contributed by atoms with Crippen LogP contribution in [-0.4, -0.2) is 40.7 Å². The summed E-state index contributed by atoms with van der Waals surface area (Å²) in [6.45, 7) is -0.369. The van der Waals surface area contributed by atoms with Crippen LogP contribution >= 0.6 is 0 Å². The Labute approximate surface area is 194 Å². The first-order valence-corrected chi connectivity index (χ1v) is 10.2. The molecule has 0 atom stereocenters. The van der Waals surface area contributed by atoms with Gasteiger partial charge in [0.1, 0.15) is 11.5 Å². The summed E-state index contributed by atoms with van der Waals surface area (Å²) in [5.74, 6) is 0.681. The largest absolute Gasteiger partial charge is 0.497 e. The highest BCUT2D eigenvalue weighted by Gasteiger charge is 2.13. The molecule has 0 radical (unpaired) electrons. The predicted octanol–water partition coefficient (Wildman–Crippen LogP) is 3.51. The third kappa shape index (κ3) is 5.94. The Morgan fingerprint density at radius 1 is 1.03 bits per heavy atom. The standard InChI is InChI=1S/C24H20N4O6/c1-31-20-6-2-5-18(12-20)26-21(29)14-32-19-9-7-16(8-10-19)24(30)33-15-22-27-23(28-34-22)17-4-3-11-25-13-17/h2-13H,14-15H2,1H3,(H,26,29). The van der Waals surface area contributed by atoms with E-state index in [2.05, 4.69) is 20.4 Å². The second-order valence-corrected chi connectivity index (χ2v) is 6.92. The predicted molar refractivity (Wildman–Crippen MR) is 120 cm³/mol. The molecular weight excluding hydrogens is 440 g/mol. The molecule has 0 saturated carbocycles. The molecule has 0 bridgehead atoms. The van der Waals surface area contributed by atoms with Gasteiger partial charge < -0.3 is 24.1 Å². The first-order valence-electron chi connectivity index (χ1n) is 10.2. The smallest absolute Gasteiger partial charge is 0.338 e. The van der Waals surface area contributed by atoms with Crippen molar-refractivity contribution in [3.05, 3.63) is 84.5 Å². The van der Waals surface area contributed by atoms with Gasteiger partial charge >= 0.3 is 5.97 Å². The number of amides is 1. The van der Waals surface area contributed by atoms with Gasteiger partial charge in [-0.3, -0.25) is 9.78 Å². The maximum Gasteiger partial charge on any atom is 0.338 e. The highest BCUT2D eigenvalue weighted by Crippen LogP contribution is 2.18. The number of hydrogen-bond donors (Lipinski definition) is 1. The van der Waals surface area contributed by atoms with E-state index in [9.17, 15) is 9.59 Å². The fraction of sp³-hybridized carbons (Fsp3) is 0.125. The van der Waals surface area contributed by atoms with Crippen LogP contribution in [0.4, 0.5) is 5.69 Å². The van der Waals surface area contributed by atoms with E-state index in [4.69, 9.17) is 18.7 Å². The first kappa shape index (κ1) is 22.5. The summed E-state index contributed by atoms with van der Waals surface area (Å²) in [6.07, 6.45) is 3.24. The molecule has 4 rings (SSSR count). The van der Waals surface area contributed by atoms with Crippen LogP contribution in [0.2, 0.25) is 0 Å².